The second-order valence-corrected chi connectivity index (χ2v) is 14.1. The number of likely N-dealkylation sites (tertiary alicyclic amines) is 1. The largest absolute Gasteiger partial charge is 0.755 e. The van der Waals surface area contributed by atoms with E-state index in [-0.39, 0.29) is 24.3 Å². The second-order valence-electron chi connectivity index (χ2n) is 11.7. The molecule has 0 radical (unpaired) electrons. The number of benzene rings is 2. The molecule has 1 saturated heterocycles. The Hall–Kier alpha value is -4.16. The number of amides is 3. The van der Waals surface area contributed by atoms with Crippen LogP contribution in [0.2, 0.25) is 0 Å². The van der Waals surface area contributed by atoms with Crippen LogP contribution in [0.25, 0.3) is 0 Å². The lowest BCUT2D eigenvalue weighted by Crippen LogP contribution is -2.61. The Morgan fingerprint density at radius 2 is 1.85 bits per heavy atom. The fraction of sp³-hybridized carbons (Fsp3) is 0.419. The molecule has 0 bridgehead atoms. The molecule has 1 aliphatic rings. The number of quaternary nitrogens is 1. The first-order chi connectivity index (χ1) is 22.7. The first-order valence-corrected chi connectivity index (χ1v) is 17.8. The summed E-state index contributed by atoms with van der Waals surface area (Å²) >= 11 is -2.46. The Labute approximate surface area is 281 Å². The zero-order valence-electron chi connectivity index (χ0n) is 26.7. The van der Waals surface area contributed by atoms with Gasteiger partial charge in [-0.1, -0.05) is 44.7 Å². The summed E-state index contributed by atoms with van der Waals surface area (Å²) in [6.07, 6.45) is 4.58. The van der Waals surface area contributed by atoms with Gasteiger partial charge in [-0.05, 0) is 49.7 Å². The Bertz CT molecular complexity index is 1760. The number of imide groups is 1. The summed E-state index contributed by atoms with van der Waals surface area (Å²) in [6.45, 7) is 3.57. The summed E-state index contributed by atoms with van der Waals surface area (Å²) in [5.74, 6) is -1.06. The van der Waals surface area contributed by atoms with Crippen molar-refractivity contribution in [1.29, 1.82) is 0 Å². The topological polar surface area (TPSA) is 208 Å². The maximum Gasteiger partial charge on any atom is 0.521 e. The van der Waals surface area contributed by atoms with Crippen molar-refractivity contribution in [3.05, 3.63) is 66.6 Å². The quantitative estimate of drug-likeness (QED) is 0.0928. The summed E-state index contributed by atoms with van der Waals surface area (Å²) < 4.78 is 63.3. The molecule has 0 saturated carbocycles. The van der Waals surface area contributed by atoms with Gasteiger partial charge in [0.25, 0.3) is 16.0 Å². The Balaban J connectivity index is 1.58. The molecule has 1 fully saturated rings. The van der Waals surface area contributed by atoms with E-state index >= 15 is 0 Å². The van der Waals surface area contributed by atoms with Gasteiger partial charge in [-0.15, -0.1) is 0 Å². The second kappa shape index (κ2) is 15.4. The van der Waals surface area contributed by atoms with Gasteiger partial charge in [0, 0.05) is 36.6 Å². The highest BCUT2D eigenvalue weighted by Crippen LogP contribution is 2.36. The zero-order valence-corrected chi connectivity index (χ0v) is 28.4. The van der Waals surface area contributed by atoms with E-state index in [9.17, 15) is 41.2 Å². The normalized spacial score (nSPS) is 20.5. The number of carbonyl (C=O) groups is 3. The minimum Gasteiger partial charge on any atom is -0.755 e. The first-order valence-electron chi connectivity index (χ1n) is 15.4. The summed E-state index contributed by atoms with van der Waals surface area (Å²) in [5, 5.41) is 13.1. The van der Waals surface area contributed by atoms with Gasteiger partial charge in [0.05, 0.1) is 11.9 Å². The van der Waals surface area contributed by atoms with Crippen LogP contribution >= 0.6 is 0 Å². The lowest BCUT2D eigenvalue weighted by atomic mass is 10.0. The zero-order chi connectivity index (χ0) is 35.2. The lowest BCUT2D eigenvalue weighted by molar-refractivity contribution is -0.795. The van der Waals surface area contributed by atoms with Crippen molar-refractivity contribution in [1.82, 2.24) is 9.55 Å². The minimum absolute atomic E-state index is 0.0102. The fourth-order valence-electron chi connectivity index (χ4n) is 5.97. The van der Waals surface area contributed by atoms with Gasteiger partial charge in [0.15, 0.2) is 11.9 Å². The van der Waals surface area contributed by atoms with Crippen molar-refractivity contribution in [3.63, 3.8) is 0 Å². The molecule has 0 aliphatic carbocycles. The van der Waals surface area contributed by atoms with Crippen LogP contribution < -0.4 is 14.4 Å². The number of aromatic nitrogens is 2. The average Bonchev–Trinajstić information content (AvgIpc) is 3.64. The highest BCUT2D eigenvalue weighted by molar-refractivity contribution is 7.86. The highest BCUT2D eigenvalue weighted by Gasteiger charge is 2.59. The molecule has 17 heteroatoms. The molecule has 15 nitrogen and oxygen atoms in total. The smallest absolute Gasteiger partial charge is 0.521 e. The van der Waals surface area contributed by atoms with Gasteiger partial charge >= 0.3 is 12.0 Å². The first kappa shape index (κ1) is 36.7. The molecular formula is C31H39N5O10S2. The molecule has 2 aromatic carbocycles. The number of ether oxygens (including phenoxy) is 1. The highest BCUT2D eigenvalue weighted by atomic mass is 32.2. The van der Waals surface area contributed by atoms with Crippen LogP contribution in [0, 0.1) is 0 Å². The van der Waals surface area contributed by atoms with E-state index in [2.05, 4.69) is 10.3 Å². The third-order valence-corrected chi connectivity index (χ3v) is 10.1. The van der Waals surface area contributed by atoms with Crippen LogP contribution in [0.3, 0.4) is 0 Å². The van der Waals surface area contributed by atoms with Gasteiger partial charge in [-0.3, -0.25) is 13.6 Å². The number of nitrogens with one attached hydrogen (secondary N) is 1. The fourth-order valence-corrected chi connectivity index (χ4v) is 6.95. The van der Waals surface area contributed by atoms with Gasteiger partial charge < -0.3 is 28.6 Å². The van der Waals surface area contributed by atoms with E-state index in [1.807, 2.05) is 6.92 Å². The van der Waals surface area contributed by atoms with Gasteiger partial charge in [0.2, 0.25) is 0 Å². The van der Waals surface area contributed by atoms with Gasteiger partial charge in [-0.25, -0.2) is 9.78 Å². The van der Waals surface area contributed by atoms with Crippen molar-refractivity contribution in [2.45, 2.75) is 75.5 Å². The third kappa shape index (κ3) is 8.10. The van der Waals surface area contributed by atoms with E-state index in [4.69, 9.17) is 4.74 Å². The molecule has 3 amide bonds. The van der Waals surface area contributed by atoms with Crippen molar-refractivity contribution in [2.75, 3.05) is 23.2 Å². The molecule has 4 rings (SSSR count). The van der Waals surface area contributed by atoms with E-state index in [1.165, 1.54) is 42.3 Å². The van der Waals surface area contributed by atoms with Crippen molar-refractivity contribution in [2.24, 2.45) is 0 Å². The number of imidazole rings is 1. The Morgan fingerprint density at radius 3 is 2.48 bits per heavy atom. The number of carboxylic acid groups (broad SMARTS) is 1. The Kier molecular flexibility index (Phi) is 11.7. The molecule has 2 heterocycles. The molecule has 1 aliphatic heterocycles. The van der Waals surface area contributed by atoms with Crippen molar-refractivity contribution in [3.8, 4) is 5.75 Å². The van der Waals surface area contributed by atoms with Crippen LogP contribution in [0.15, 0.2) is 66.0 Å². The van der Waals surface area contributed by atoms with Crippen LogP contribution in [0.1, 0.15) is 68.8 Å². The summed E-state index contributed by atoms with van der Waals surface area (Å²) in [7, 11) is -3.30. The molecule has 48 heavy (non-hydrogen) atoms. The molecule has 3 N–H and O–H groups in total. The number of anilines is 2. The van der Waals surface area contributed by atoms with Crippen molar-refractivity contribution >= 4 is 50.8 Å². The standard InChI is InChI=1S/C31H39N5O10S2/c1-4-5-6-7-11-26(35-18-28(32-20-35)33-29(37)25-10-8-9-12-27(25)48(43,44)45)30(38)36(31(39)40)19-24(17-21(36)2)46-23-15-13-22(14-16-23)34(3)47(41)42/h8-10,12-16,18,20-21,24,26H,4-7,11,17,19H2,1-3H3,(H3-,33,37,39,40,41,42,43,44,45)/t21-,24+,26?,36-/m1/s1. The molecular weight excluding hydrogens is 667 g/mol. The lowest BCUT2D eigenvalue weighted by Gasteiger charge is -2.33. The maximum atomic E-state index is 14.4. The number of hydrogen-bond donors (Lipinski definition) is 3. The summed E-state index contributed by atoms with van der Waals surface area (Å²) in [6, 6.07) is 9.73. The summed E-state index contributed by atoms with van der Waals surface area (Å²) in [5.41, 5.74) is 0.0989. The third-order valence-electron chi connectivity index (χ3n) is 8.54. The van der Waals surface area contributed by atoms with Crippen LogP contribution in [0.5, 0.6) is 5.75 Å². The van der Waals surface area contributed by atoms with Gasteiger partial charge in [0.1, 0.15) is 29.3 Å². The van der Waals surface area contributed by atoms with E-state index < -0.39 is 66.9 Å². The maximum absolute atomic E-state index is 14.4. The van der Waals surface area contributed by atoms with Gasteiger partial charge in [-0.2, -0.15) is 17.7 Å². The molecule has 0 spiro atoms. The van der Waals surface area contributed by atoms with E-state index in [0.717, 1.165) is 29.6 Å². The number of rotatable bonds is 14. The van der Waals surface area contributed by atoms with E-state index in [0.29, 0.717) is 24.3 Å². The predicted octanol–water partition coefficient (Wildman–Crippen LogP) is 4.39. The number of carbonyl (C=O) groups excluding carboxylic acids is 2. The molecule has 1 aromatic heterocycles. The van der Waals surface area contributed by atoms with Crippen LogP contribution in [0.4, 0.5) is 16.3 Å². The predicted molar refractivity (Wildman–Crippen MR) is 175 cm³/mol. The molecule has 5 atom stereocenters. The monoisotopic (exact) mass is 705 g/mol. The number of hydrogen-bond acceptors (Lipinski definition) is 9. The number of unbranched alkanes of at least 4 members (excludes halogenated alkanes) is 3. The number of nitrogens with zero attached hydrogens (tertiary/aromatic N) is 4. The van der Waals surface area contributed by atoms with Crippen LogP contribution in [-0.4, -0.2) is 84.5 Å². The summed E-state index contributed by atoms with van der Waals surface area (Å²) in [4.78, 5) is 44.0. The molecule has 260 valence electrons. The average molecular weight is 706 g/mol. The molecule has 2 unspecified atom stereocenters. The molecule has 3 aromatic rings. The van der Waals surface area contributed by atoms with Crippen LogP contribution in [-0.2, 0) is 26.2 Å². The minimum atomic E-state index is -4.69. The van der Waals surface area contributed by atoms with Crippen molar-refractivity contribution < 1.29 is 50.4 Å². The van der Waals surface area contributed by atoms with E-state index in [1.54, 1.807) is 31.2 Å². The Morgan fingerprint density at radius 1 is 1.17 bits per heavy atom. The SMILES string of the molecule is CCCCCCC(C(=O)[N@@+]1(C(=O)O)C[C@@H](Oc2ccc(N(C)S(=O)[O-])cc2)C[C@H]1C)n1cnc(NC(=O)c2ccccc2S(=O)(=O)O)c1.